The highest BCUT2D eigenvalue weighted by atomic mass is 16.4. The van der Waals surface area contributed by atoms with Crippen molar-refractivity contribution in [3.63, 3.8) is 0 Å². The Morgan fingerprint density at radius 2 is 1.54 bits per heavy atom. The number of carbonyl (C=O) groups is 2. The van der Waals surface area contributed by atoms with Gasteiger partial charge in [-0.25, -0.2) is 0 Å². The Bertz CT molecular complexity index is 625. The van der Waals surface area contributed by atoms with E-state index >= 15 is 0 Å². The van der Waals surface area contributed by atoms with Crippen LogP contribution >= 0.6 is 0 Å². The summed E-state index contributed by atoms with van der Waals surface area (Å²) in [6, 6.07) is 5.19. The van der Waals surface area contributed by atoms with Gasteiger partial charge in [0.2, 0.25) is 0 Å². The number of nitrogens with zero attached hydrogens (tertiary/aromatic N) is 1. The number of anilines is 1. The number of hydrogen-bond donors (Lipinski definition) is 2. The maximum Gasteiger partial charge on any atom is 0.307 e. The van der Waals surface area contributed by atoms with Crippen molar-refractivity contribution in [3.8, 4) is 5.75 Å². The SMILES string of the molecule is CCCCCC(C(=O)c1cccc(N(CC)CC)c1O)C(CCCC)C(=O)O. The number of carboxylic acid groups (broad SMARTS) is 1. The zero-order valence-electron chi connectivity index (χ0n) is 17.9. The fraction of sp³-hybridized carbons (Fsp3) is 0.652. The van der Waals surface area contributed by atoms with E-state index in [2.05, 4.69) is 6.92 Å². The third-order valence-electron chi connectivity index (χ3n) is 5.51. The Balaban J connectivity index is 3.27. The molecule has 158 valence electrons. The van der Waals surface area contributed by atoms with Gasteiger partial charge < -0.3 is 15.1 Å². The van der Waals surface area contributed by atoms with E-state index in [4.69, 9.17) is 0 Å². The number of phenolic OH excluding ortho intramolecular Hbond substituents is 1. The van der Waals surface area contributed by atoms with Crippen LogP contribution in [0, 0.1) is 11.8 Å². The number of ketones is 1. The van der Waals surface area contributed by atoms with Gasteiger partial charge in [-0.1, -0.05) is 52.0 Å². The van der Waals surface area contributed by atoms with Gasteiger partial charge in [-0.05, 0) is 38.8 Å². The van der Waals surface area contributed by atoms with Crippen LogP contribution in [-0.2, 0) is 4.79 Å². The predicted molar refractivity (Wildman–Crippen MR) is 114 cm³/mol. The van der Waals surface area contributed by atoms with Crippen LogP contribution in [0.25, 0.3) is 0 Å². The highest BCUT2D eigenvalue weighted by Crippen LogP contribution is 2.35. The van der Waals surface area contributed by atoms with Crippen molar-refractivity contribution in [1.82, 2.24) is 0 Å². The van der Waals surface area contributed by atoms with Gasteiger partial charge in [-0.15, -0.1) is 0 Å². The van der Waals surface area contributed by atoms with E-state index in [0.717, 1.165) is 45.2 Å². The molecule has 28 heavy (non-hydrogen) atoms. The van der Waals surface area contributed by atoms with Crippen molar-refractivity contribution in [2.24, 2.45) is 11.8 Å². The number of phenols is 1. The molecule has 0 fully saturated rings. The standard InChI is InChI=1S/C23H37NO4/c1-5-9-11-14-17(18(23(27)28)13-10-6-2)21(25)19-15-12-16-20(22(19)26)24(7-3)8-4/h12,15-18,26H,5-11,13-14H2,1-4H3,(H,27,28). The number of rotatable bonds is 14. The highest BCUT2D eigenvalue weighted by Gasteiger charge is 2.34. The minimum absolute atomic E-state index is 0.0312. The van der Waals surface area contributed by atoms with Crippen LogP contribution < -0.4 is 4.90 Å². The van der Waals surface area contributed by atoms with E-state index in [1.165, 1.54) is 0 Å². The molecule has 0 heterocycles. The Morgan fingerprint density at radius 1 is 0.929 bits per heavy atom. The van der Waals surface area contributed by atoms with Crippen molar-refractivity contribution in [3.05, 3.63) is 23.8 Å². The third kappa shape index (κ3) is 6.25. The molecule has 0 aliphatic rings. The second-order valence-corrected chi connectivity index (χ2v) is 7.40. The van der Waals surface area contributed by atoms with Gasteiger partial charge in [0.05, 0.1) is 17.2 Å². The van der Waals surface area contributed by atoms with Crippen molar-refractivity contribution >= 4 is 17.4 Å². The van der Waals surface area contributed by atoms with Gasteiger partial charge in [0.25, 0.3) is 0 Å². The van der Waals surface area contributed by atoms with Crippen molar-refractivity contribution in [2.75, 3.05) is 18.0 Å². The average molecular weight is 392 g/mol. The van der Waals surface area contributed by atoms with Gasteiger partial charge in [0.1, 0.15) is 5.75 Å². The normalized spacial score (nSPS) is 13.1. The number of para-hydroxylation sites is 1. The zero-order chi connectivity index (χ0) is 21.1. The smallest absolute Gasteiger partial charge is 0.307 e. The highest BCUT2D eigenvalue weighted by molar-refractivity contribution is 6.03. The Hall–Kier alpha value is -2.04. The minimum Gasteiger partial charge on any atom is -0.505 e. The van der Waals surface area contributed by atoms with Gasteiger partial charge in [0, 0.05) is 19.0 Å². The summed E-state index contributed by atoms with van der Waals surface area (Å²) in [7, 11) is 0. The van der Waals surface area contributed by atoms with E-state index in [1.807, 2.05) is 25.7 Å². The molecule has 0 aromatic heterocycles. The summed E-state index contributed by atoms with van der Waals surface area (Å²) in [5, 5.41) is 20.6. The first kappa shape index (κ1) is 24.0. The molecule has 2 N–H and O–H groups in total. The first-order valence-electron chi connectivity index (χ1n) is 10.8. The fourth-order valence-electron chi connectivity index (χ4n) is 3.80. The molecule has 0 spiro atoms. The second kappa shape index (κ2) is 12.4. The molecule has 0 radical (unpaired) electrons. The molecule has 1 aromatic carbocycles. The third-order valence-corrected chi connectivity index (χ3v) is 5.51. The predicted octanol–water partition coefficient (Wildman–Crippen LogP) is 5.51. The van der Waals surface area contributed by atoms with E-state index in [9.17, 15) is 19.8 Å². The summed E-state index contributed by atoms with van der Waals surface area (Å²) in [4.78, 5) is 27.3. The molecule has 5 nitrogen and oxygen atoms in total. The molecule has 0 saturated carbocycles. The molecule has 0 aliphatic carbocycles. The topological polar surface area (TPSA) is 77.8 Å². The number of aliphatic carboxylic acids is 1. The Morgan fingerprint density at radius 3 is 2.07 bits per heavy atom. The molecule has 0 amide bonds. The van der Waals surface area contributed by atoms with E-state index in [0.29, 0.717) is 18.5 Å². The molecular formula is C23H37NO4. The number of carboxylic acids is 1. The van der Waals surface area contributed by atoms with Crippen LogP contribution in [0.15, 0.2) is 18.2 Å². The molecule has 0 bridgehead atoms. The fourth-order valence-corrected chi connectivity index (χ4v) is 3.80. The Labute approximate surface area is 169 Å². The van der Waals surface area contributed by atoms with E-state index in [1.54, 1.807) is 18.2 Å². The monoisotopic (exact) mass is 391 g/mol. The maximum absolute atomic E-state index is 13.4. The van der Waals surface area contributed by atoms with Crippen molar-refractivity contribution in [1.29, 1.82) is 0 Å². The zero-order valence-corrected chi connectivity index (χ0v) is 17.9. The number of unbranched alkanes of at least 4 members (excludes halogenated alkanes) is 3. The van der Waals surface area contributed by atoms with E-state index in [-0.39, 0.29) is 17.1 Å². The number of Topliss-reactive ketones (excluding diaryl/α,β-unsaturated/α-hetero) is 1. The van der Waals surface area contributed by atoms with Gasteiger partial charge in [-0.3, -0.25) is 9.59 Å². The molecule has 5 heteroatoms. The van der Waals surface area contributed by atoms with Crippen LogP contribution in [0.4, 0.5) is 5.69 Å². The van der Waals surface area contributed by atoms with E-state index < -0.39 is 17.8 Å². The first-order chi connectivity index (χ1) is 13.4. The number of carbonyl (C=O) groups excluding carboxylic acids is 1. The lowest BCUT2D eigenvalue weighted by Crippen LogP contribution is -2.30. The van der Waals surface area contributed by atoms with Crippen LogP contribution in [0.2, 0.25) is 0 Å². The quantitative estimate of drug-likeness (QED) is 0.323. The van der Waals surface area contributed by atoms with Crippen molar-refractivity contribution in [2.45, 2.75) is 72.6 Å². The molecule has 1 aromatic rings. The number of benzene rings is 1. The lowest BCUT2D eigenvalue weighted by Gasteiger charge is -2.26. The van der Waals surface area contributed by atoms with Crippen LogP contribution in [0.5, 0.6) is 5.75 Å². The number of aromatic hydroxyl groups is 1. The summed E-state index contributed by atoms with van der Waals surface area (Å²) in [5.74, 6) is -2.50. The molecule has 1 rings (SSSR count). The summed E-state index contributed by atoms with van der Waals surface area (Å²) in [5.41, 5.74) is 0.872. The number of hydrogen-bond acceptors (Lipinski definition) is 4. The molecule has 0 aliphatic heterocycles. The molecule has 0 saturated heterocycles. The molecule has 2 atom stereocenters. The van der Waals surface area contributed by atoms with Gasteiger partial charge >= 0.3 is 5.97 Å². The van der Waals surface area contributed by atoms with Crippen molar-refractivity contribution < 1.29 is 19.8 Å². The van der Waals surface area contributed by atoms with Crippen LogP contribution in [-0.4, -0.2) is 35.1 Å². The lowest BCUT2D eigenvalue weighted by molar-refractivity contribution is -0.143. The molecular weight excluding hydrogens is 354 g/mol. The average Bonchev–Trinajstić information content (AvgIpc) is 2.68. The minimum atomic E-state index is -0.914. The first-order valence-corrected chi connectivity index (χ1v) is 10.8. The summed E-state index contributed by atoms with van der Waals surface area (Å²) in [6.45, 7) is 9.53. The maximum atomic E-state index is 13.4. The van der Waals surface area contributed by atoms with Gasteiger partial charge in [0.15, 0.2) is 5.78 Å². The lowest BCUT2D eigenvalue weighted by atomic mass is 9.79. The molecule has 2 unspecified atom stereocenters. The summed E-state index contributed by atoms with van der Waals surface area (Å²) in [6.07, 6.45) is 5.50. The summed E-state index contributed by atoms with van der Waals surface area (Å²) < 4.78 is 0. The van der Waals surface area contributed by atoms with Crippen LogP contribution in [0.3, 0.4) is 0 Å². The second-order valence-electron chi connectivity index (χ2n) is 7.40. The summed E-state index contributed by atoms with van der Waals surface area (Å²) >= 11 is 0. The van der Waals surface area contributed by atoms with Gasteiger partial charge in [-0.2, -0.15) is 0 Å². The van der Waals surface area contributed by atoms with Crippen LogP contribution in [0.1, 0.15) is 83.0 Å². The largest absolute Gasteiger partial charge is 0.505 e. The Kier molecular flexibility index (Phi) is 10.6.